The molecule has 2 N–H and O–H groups in total. The van der Waals surface area contributed by atoms with Crippen molar-refractivity contribution in [3.05, 3.63) is 16.6 Å². The number of aromatic nitrogens is 1. The summed E-state index contributed by atoms with van der Waals surface area (Å²) in [6.45, 7) is 3.52. The van der Waals surface area contributed by atoms with Crippen molar-refractivity contribution >= 4 is 21.2 Å². The van der Waals surface area contributed by atoms with Crippen molar-refractivity contribution in [2.24, 2.45) is 0 Å². The van der Waals surface area contributed by atoms with Gasteiger partial charge in [-0.15, -0.1) is 11.3 Å². The van der Waals surface area contributed by atoms with Crippen LogP contribution in [0.5, 0.6) is 0 Å². The third-order valence-electron chi connectivity index (χ3n) is 3.34. The Morgan fingerprint density at radius 1 is 1.63 bits per heavy atom. The molecule has 0 radical (unpaired) electrons. The van der Waals surface area contributed by atoms with Crippen LogP contribution in [-0.2, 0) is 9.84 Å². The van der Waals surface area contributed by atoms with Crippen molar-refractivity contribution in [3.63, 3.8) is 0 Å². The van der Waals surface area contributed by atoms with Crippen molar-refractivity contribution in [2.75, 3.05) is 24.6 Å². The lowest BCUT2D eigenvalue weighted by Gasteiger charge is -2.24. The molecule has 0 aromatic carbocycles. The van der Waals surface area contributed by atoms with Crippen molar-refractivity contribution in [1.82, 2.24) is 15.6 Å². The Morgan fingerprint density at radius 2 is 2.47 bits per heavy atom. The van der Waals surface area contributed by atoms with Crippen molar-refractivity contribution < 1.29 is 8.42 Å². The SMILES string of the molecule is CCC(NCCC1CS(=O)(=O)CCN1)c1nccs1. The fraction of sp³-hybridized carbons (Fsp3) is 0.750. The maximum atomic E-state index is 11.5. The van der Waals surface area contributed by atoms with E-state index in [1.165, 1.54) is 0 Å². The summed E-state index contributed by atoms with van der Waals surface area (Å²) in [6.07, 6.45) is 3.64. The summed E-state index contributed by atoms with van der Waals surface area (Å²) in [5.74, 6) is 0.538. The van der Waals surface area contributed by atoms with Crippen LogP contribution in [0.15, 0.2) is 11.6 Å². The van der Waals surface area contributed by atoms with Crippen LogP contribution in [0.4, 0.5) is 0 Å². The molecule has 1 saturated heterocycles. The average molecular weight is 303 g/mol. The molecule has 0 aliphatic carbocycles. The lowest BCUT2D eigenvalue weighted by molar-refractivity contribution is 0.447. The summed E-state index contributed by atoms with van der Waals surface area (Å²) >= 11 is 1.66. The Labute approximate surface area is 118 Å². The molecule has 2 unspecified atom stereocenters. The minimum Gasteiger partial charge on any atom is -0.312 e. The number of nitrogens with zero attached hydrogens (tertiary/aromatic N) is 1. The van der Waals surface area contributed by atoms with Crippen LogP contribution in [0.25, 0.3) is 0 Å². The second-order valence-corrected chi connectivity index (χ2v) is 7.99. The number of rotatable bonds is 6. The fourth-order valence-corrected chi connectivity index (χ4v) is 4.59. The molecule has 2 rings (SSSR count). The monoisotopic (exact) mass is 303 g/mol. The zero-order chi connectivity index (χ0) is 13.7. The zero-order valence-electron chi connectivity index (χ0n) is 11.1. The second kappa shape index (κ2) is 6.78. The lowest BCUT2D eigenvalue weighted by atomic mass is 10.2. The van der Waals surface area contributed by atoms with Crippen LogP contribution in [0.1, 0.15) is 30.8 Å². The normalized spacial score (nSPS) is 24.2. The van der Waals surface area contributed by atoms with E-state index in [2.05, 4.69) is 22.5 Å². The smallest absolute Gasteiger partial charge is 0.153 e. The van der Waals surface area contributed by atoms with E-state index in [1.54, 1.807) is 11.3 Å². The quantitative estimate of drug-likeness (QED) is 0.819. The second-order valence-electron chi connectivity index (χ2n) is 4.84. The maximum absolute atomic E-state index is 11.5. The molecule has 108 valence electrons. The van der Waals surface area contributed by atoms with E-state index in [0.717, 1.165) is 24.4 Å². The molecule has 2 heterocycles. The number of sulfone groups is 1. The molecule has 19 heavy (non-hydrogen) atoms. The highest BCUT2D eigenvalue weighted by Gasteiger charge is 2.24. The van der Waals surface area contributed by atoms with Crippen LogP contribution < -0.4 is 10.6 Å². The van der Waals surface area contributed by atoms with Gasteiger partial charge >= 0.3 is 0 Å². The van der Waals surface area contributed by atoms with Gasteiger partial charge in [0.1, 0.15) is 5.01 Å². The van der Waals surface area contributed by atoms with E-state index < -0.39 is 9.84 Å². The molecular formula is C12H21N3O2S2. The van der Waals surface area contributed by atoms with E-state index in [1.807, 2.05) is 11.6 Å². The Balaban J connectivity index is 1.76. The Morgan fingerprint density at radius 3 is 3.11 bits per heavy atom. The van der Waals surface area contributed by atoms with Gasteiger partial charge in [-0.25, -0.2) is 13.4 Å². The highest BCUT2D eigenvalue weighted by Crippen LogP contribution is 2.18. The summed E-state index contributed by atoms with van der Waals surface area (Å²) < 4.78 is 23.1. The maximum Gasteiger partial charge on any atom is 0.153 e. The van der Waals surface area contributed by atoms with Crippen LogP contribution in [0.3, 0.4) is 0 Å². The van der Waals surface area contributed by atoms with E-state index in [-0.39, 0.29) is 23.6 Å². The minimum atomic E-state index is -2.83. The minimum absolute atomic E-state index is 0.0834. The average Bonchev–Trinajstić information content (AvgIpc) is 2.87. The van der Waals surface area contributed by atoms with Gasteiger partial charge in [-0.3, -0.25) is 0 Å². The van der Waals surface area contributed by atoms with Gasteiger partial charge in [0.2, 0.25) is 0 Å². The highest BCUT2D eigenvalue weighted by atomic mass is 32.2. The van der Waals surface area contributed by atoms with Gasteiger partial charge in [-0.1, -0.05) is 6.92 Å². The van der Waals surface area contributed by atoms with E-state index in [9.17, 15) is 8.42 Å². The van der Waals surface area contributed by atoms with Crippen LogP contribution in [0.2, 0.25) is 0 Å². The van der Waals surface area contributed by atoms with Crippen LogP contribution in [-0.4, -0.2) is 44.0 Å². The van der Waals surface area contributed by atoms with Gasteiger partial charge < -0.3 is 10.6 Å². The highest BCUT2D eigenvalue weighted by molar-refractivity contribution is 7.91. The van der Waals surface area contributed by atoms with Crippen molar-refractivity contribution in [2.45, 2.75) is 31.8 Å². The van der Waals surface area contributed by atoms with Gasteiger partial charge in [-0.05, 0) is 19.4 Å². The van der Waals surface area contributed by atoms with Gasteiger partial charge in [0.15, 0.2) is 9.84 Å². The third-order valence-corrected chi connectivity index (χ3v) is 5.97. The van der Waals surface area contributed by atoms with E-state index >= 15 is 0 Å². The first-order valence-corrected chi connectivity index (χ1v) is 9.37. The first-order chi connectivity index (χ1) is 9.11. The lowest BCUT2D eigenvalue weighted by Crippen LogP contribution is -2.46. The van der Waals surface area contributed by atoms with Crippen molar-refractivity contribution in [1.29, 1.82) is 0 Å². The number of hydrogen-bond donors (Lipinski definition) is 2. The third kappa shape index (κ3) is 4.52. The molecule has 1 aliphatic heterocycles. The largest absolute Gasteiger partial charge is 0.312 e. The fourth-order valence-electron chi connectivity index (χ4n) is 2.30. The molecule has 1 aromatic heterocycles. The van der Waals surface area contributed by atoms with Gasteiger partial charge in [0, 0.05) is 24.2 Å². The molecule has 2 atom stereocenters. The predicted octanol–water partition coefficient (Wildman–Crippen LogP) is 0.961. The van der Waals surface area contributed by atoms with Crippen LogP contribution in [0, 0.1) is 0 Å². The van der Waals surface area contributed by atoms with Gasteiger partial charge in [0.05, 0.1) is 17.5 Å². The number of nitrogens with one attached hydrogen (secondary N) is 2. The Kier molecular flexibility index (Phi) is 5.32. The molecular weight excluding hydrogens is 282 g/mol. The molecule has 0 saturated carbocycles. The molecule has 1 aromatic rings. The van der Waals surface area contributed by atoms with E-state index in [4.69, 9.17) is 0 Å². The molecule has 0 amide bonds. The number of thiazole rings is 1. The summed E-state index contributed by atoms with van der Waals surface area (Å²) in [7, 11) is -2.83. The molecule has 5 nitrogen and oxygen atoms in total. The zero-order valence-corrected chi connectivity index (χ0v) is 12.8. The van der Waals surface area contributed by atoms with E-state index in [0.29, 0.717) is 6.54 Å². The first-order valence-electron chi connectivity index (χ1n) is 6.67. The standard InChI is InChI=1S/C12H21N3O2S2/c1-2-11(12-15-5-7-18-12)14-4-3-10-9-19(16,17)8-6-13-10/h5,7,10-11,13-14H,2-4,6,8-9H2,1H3. The molecule has 1 aliphatic rings. The summed E-state index contributed by atoms with van der Waals surface area (Å²) in [6, 6.07) is 0.361. The van der Waals surface area contributed by atoms with Gasteiger partial charge in [-0.2, -0.15) is 0 Å². The summed E-state index contributed by atoms with van der Waals surface area (Å²) in [4.78, 5) is 4.32. The number of hydrogen-bond acceptors (Lipinski definition) is 6. The molecule has 0 spiro atoms. The summed E-state index contributed by atoms with van der Waals surface area (Å²) in [5.41, 5.74) is 0. The molecule has 0 bridgehead atoms. The van der Waals surface area contributed by atoms with Gasteiger partial charge in [0.25, 0.3) is 0 Å². The summed E-state index contributed by atoms with van der Waals surface area (Å²) in [5, 5.41) is 9.81. The van der Waals surface area contributed by atoms with Crippen LogP contribution >= 0.6 is 11.3 Å². The Bertz CT molecular complexity index is 473. The van der Waals surface area contributed by atoms with Crippen molar-refractivity contribution in [3.8, 4) is 0 Å². The molecule has 7 heteroatoms. The molecule has 1 fully saturated rings. The first kappa shape index (κ1) is 14.9. The predicted molar refractivity (Wildman–Crippen MR) is 78.2 cm³/mol. The Hall–Kier alpha value is -0.500. The topological polar surface area (TPSA) is 71.1 Å².